The molecule has 0 radical (unpaired) electrons. The fourth-order valence-corrected chi connectivity index (χ4v) is 3.13. The molecule has 5 nitrogen and oxygen atoms in total. The van der Waals surface area contributed by atoms with E-state index >= 15 is 0 Å². The van der Waals surface area contributed by atoms with Crippen molar-refractivity contribution in [1.82, 2.24) is 0 Å². The highest BCUT2D eigenvalue weighted by atomic mass is 16.4. The first kappa shape index (κ1) is 20.1. The predicted octanol–water partition coefficient (Wildman–Crippen LogP) is 4.84. The summed E-state index contributed by atoms with van der Waals surface area (Å²) in [6.45, 7) is 0. The Labute approximate surface area is 169 Å². The minimum absolute atomic E-state index is 0.126. The average Bonchev–Trinajstić information content (AvgIpc) is 2.73. The van der Waals surface area contributed by atoms with Crippen LogP contribution in [0.15, 0.2) is 78.9 Å². The summed E-state index contributed by atoms with van der Waals surface area (Å²) in [4.78, 5) is 23.7. The third-order valence-corrected chi connectivity index (χ3v) is 4.74. The van der Waals surface area contributed by atoms with Gasteiger partial charge in [0.05, 0.1) is 11.6 Å². The summed E-state index contributed by atoms with van der Waals surface area (Å²) in [5.74, 6) is -0.696. The van der Waals surface area contributed by atoms with Crippen molar-refractivity contribution in [3.63, 3.8) is 0 Å². The van der Waals surface area contributed by atoms with Crippen molar-refractivity contribution in [2.75, 3.05) is 5.32 Å². The summed E-state index contributed by atoms with van der Waals surface area (Å²) < 4.78 is 0. The third kappa shape index (κ3) is 5.94. The van der Waals surface area contributed by atoms with E-state index in [0.29, 0.717) is 12.8 Å². The lowest BCUT2D eigenvalue weighted by Gasteiger charge is -2.20. The highest BCUT2D eigenvalue weighted by Crippen LogP contribution is 2.26. The first-order valence-electron chi connectivity index (χ1n) is 9.46. The summed E-state index contributed by atoms with van der Waals surface area (Å²) in [6.07, 6.45) is 1.42. The second-order valence-electron chi connectivity index (χ2n) is 6.90. The molecule has 3 rings (SSSR count). The predicted molar refractivity (Wildman–Crippen MR) is 112 cm³/mol. The molecule has 1 unspecified atom stereocenters. The Morgan fingerprint density at radius 2 is 1.52 bits per heavy atom. The maximum Gasteiger partial charge on any atom is 0.335 e. The number of benzene rings is 3. The molecule has 0 aliphatic heterocycles. The molecule has 0 heterocycles. The number of hydrogen-bond acceptors (Lipinski definition) is 4. The Hall–Kier alpha value is -3.60. The van der Waals surface area contributed by atoms with Crippen molar-refractivity contribution in [2.24, 2.45) is 0 Å². The van der Waals surface area contributed by atoms with E-state index in [1.165, 1.54) is 12.1 Å². The number of carboxylic acids is 1. The van der Waals surface area contributed by atoms with Gasteiger partial charge in [-0.1, -0.05) is 42.5 Å². The van der Waals surface area contributed by atoms with E-state index in [1.54, 1.807) is 36.4 Å². The van der Waals surface area contributed by atoms with E-state index in [1.807, 2.05) is 30.3 Å². The number of aromatic carboxylic acids is 1. The normalized spacial score (nSPS) is 11.6. The Bertz CT molecular complexity index is 950. The number of aryl methyl sites for hydroxylation is 1. The largest absolute Gasteiger partial charge is 0.508 e. The van der Waals surface area contributed by atoms with Gasteiger partial charge < -0.3 is 15.5 Å². The van der Waals surface area contributed by atoms with E-state index in [4.69, 9.17) is 5.11 Å². The second kappa shape index (κ2) is 9.55. The Morgan fingerprint density at radius 3 is 2.14 bits per heavy atom. The van der Waals surface area contributed by atoms with Crippen molar-refractivity contribution in [2.45, 2.75) is 25.3 Å². The van der Waals surface area contributed by atoms with Crippen LogP contribution in [0.5, 0.6) is 5.75 Å². The van der Waals surface area contributed by atoms with Gasteiger partial charge in [-0.3, -0.25) is 4.79 Å². The second-order valence-corrected chi connectivity index (χ2v) is 6.90. The molecule has 0 aromatic heterocycles. The van der Waals surface area contributed by atoms with E-state index < -0.39 is 5.97 Å². The minimum atomic E-state index is -0.984. The molecule has 5 heteroatoms. The van der Waals surface area contributed by atoms with Gasteiger partial charge in [-0.25, -0.2) is 4.79 Å². The lowest BCUT2D eigenvalue weighted by molar-refractivity contribution is -0.119. The summed E-state index contributed by atoms with van der Waals surface area (Å²) in [6, 6.07) is 22.8. The van der Waals surface area contributed by atoms with Crippen LogP contribution in [-0.2, 0) is 11.2 Å². The van der Waals surface area contributed by atoms with Crippen LogP contribution in [0, 0.1) is 0 Å². The molecular formula is C24H23NO4. The highest BCUT2D eigenvalue weighted by molar-refractivity contribution is 5.88. The number of nitrogens with one attached hydrogen (secondary N) is 1. The smallest absolute Gasteiger partial charge is 0.335 e. The number of anilines is 1. The van der Waals surface area contributed by atoms with Gasteiger partial charge >= 0.3 is 5.97 Å². The highest BCUT2D eigenvalue weighted by Gasteiger charge is 2.17. The van der Waals surface area contributed by atoms with Crippen molar-refractivity contribution in [1.29, 1.82) is 0 Å². The molecule has 29 heavy (non-hydrogen) atoms. The maximum atomic E-state index is 12.6. The zero-order chi connectivity index (χ0) is 20.6. The maximum absolute atomic E-state index is 12.6. The molecule has 3 aromatic rings. The molecule has 1 atom stereocenters. The van der Waals surface area contributed by atoms with Gasteiger partial charge in [0.1, 0.15) is 11.5 Å². The van der Waals surface area contributed by atoms with Crippen LogP contribution >= 0.6 is 0 Å². The van der Waals surface area contributed by atoms with Gasteiger partial charge in [0.15, 0.2) is 0 Å². The zero-order valence-electron chi connectivity index (χ0n) is 15.9. The standard InChI is InChI=1S/C24H23NO4/c26-21-14-9-18(10-15-21)23(25-20-11-7-19(8-12-20)24(28)29)16-22(27)13-6-17-4-2-1-3-5-17/h1-5,7-12,14-15,23,25-26H,6,13,16H2,(H,28,29). The molecule has 0 spiro atoms. The van der Waals surface area contributed by atoms with Crippen molar-refractivity contribution in [3.8, 4) is 5.75 Å². The van der Waals surface area contributed by atoms with Gasteiger partial charge in [0.2, 0.25) is 0 Å². The summed E-state index contributed by atoms with van der Waals surface area (Å²) >= 11 is 0. The first-order chi connectivity index (χ1) is 14.0. The van der Waals surface area contributed by atoms with E-state index in [-0.39, 0.29) is 29.6 Å². The van der Waals surface area contributed by atoms with Crippen LogP contribution in [0.2, 0.25) is 0 Å². The van der Waals surface area contributed by atoms with Gasteiger partial charge in [0.25, 0.3) is 0 Å². The molecule has 0 bridgehead atoms. The Morgan fingerprint density at radius 1 is 0.862 bits per heavy atom. The van der Waals surface area contributed by atoms with Crippen LogP contribution in [-0.4, -0.2) is 22.0 Å². The van der Waals surface area contributed by atoms with Crippen molar-refractivity contribution < 1.29 is 19.8 Å². The number of carboxylic acid groups (broad SMARTS) is 1. The monoisotopic (exact) mass is 389 g/mol. The quantitative estimate of drug-likeness (QED) is 0.488. The number of Topliss-reactive ketones (excluding diaryl/α,β-unsaturated/α-hetero) is 1. The number of phenols is 1. The lowest BCUT2D eigenvalue weighted by Crippen LogP contribution is -2.16. The number of phenolic OH excluding ortho intramolecular Hbond substituents is 1. The van der Waals surface area contributed by atoms with Crippen molar-refractivity contribution >= 4 is 17.4 Å². The van der Waals surface area contributed by atoms with E-state index in [9.17, 15) is 14.7 Å². The minimum Gasteiger partial charge on any atom is -0.508 e. The lowest BCUT2D eigenvalue weighted by atomic mass is 9.97. The molecule has 148 valence electrons. The number of aromatic hydroxyl groups is 1. The third-order valence-electron chi connectivity index (χ3n) is 4.74. The molecule has 0 aliphatic rings. The molecule has 3 N–H and O–H groups in total. The molecular weight excluding hydrogens is 366 g/mol. The summed E-state index contributed by atoms with van der Waals surface area (Å²) in [5, 5.41) is 21.9. The summed E-state index contributed by atoms with van der Waals surface area (Å²) in [5.41, 5.74) is 2.93. The number of ketones is 1. The number of carbonyl (C=O) groups is 2. The van der Waals surface area contributed by atoms with Crippen LogP contribution in [0.4, 0.5) is 5.69 Å². The van der Waals surface area contributed by atoms with E-state index in [0.717, 1.165) is 16.8 Å². The van der Waals surface area contributed by atoms with Gasteiger partial charge in [-0.2, -0.15) is 0 Å². The average molecular weight is 389 g/mol. The van der Waals surface area contributed by atoms with Gasteiger partial charge in [0, 0.05) is 18.5 Å². The fraction of sp³-hybridized carbons (Fsp3) is 0.167. The van der Waals surface area contributed by atoms with E-state index in [2.05, 4.69) is 5.32 Å². The number of carbonyl (C=O) groups excluding carboxylic acids is 1. The van der Waals surface area contributed by atoms with Crippen LogP contribution in [0.3, 0.4) is 0 Å². The van der Waals surface area contributed by atoms with Crippen LogP contribution in [0.25, 0.3) is 0 Å². The first-order valence-corrected chi connectivity index (χ1v) is 9.46. The van der Waals surface area contributed by atoms with Crippen LogP contribution in [0.1, 0.15) is 40.4 Å². The van der Waals surface area contributed by atoms with Gasteiger partial charge in [-0.15, -0.1) is 0 Å². The zero-order valence-corrected chi connectivity index (χ0v) is 15.9. The number of hydrogen-bond donors (Lipinski definition) is 3. The Kier molecular flexibility index (Phi) is 6.63. The topological polar surface area (TPSA) is 86.6 Å². The number of rotatable bonds is 9. The van der Waals surface area contributed by atoms with Crippen molar-refractivity contribution in [3.05, 3.63) is 95.6 Å². The Balaban J connectivity index is 1.71. The molecule has 0 saturated heterocycles. The van der Waals surface area contributed by atoms with Gasteiger partial charge in [-0.05, 0) is 53.9 Å². The molecule has 0 aliphatic carbocycles. The van der Waals surface area contributed by atoms with Crippen LogP contribution < -0.4 is 5.32 Å². The molecule has 0 saturated carbocycles. The summed E-state index contributed by atoms with van der Waals surface area (Å²) in [7, 11) is 0. The molecule has 0 amide bonds. The SMILES string of the molecule is O=C(CCc1ccccc1)CC(Nc1ccc(C(=O)O)cc1)c1ccc(O)cc1. The molecule has 3 aromatic carbocycles. The fourth-order valence-electron chi connectivity index (χ4n) is 3.13. The molecule has 0 fully saturated rings.